The molecule has 7 heteroatoms. The van der Waals surface area contributed by atoms with Crippen LogP contribution in [0.3, 0.4) is 0 Å². The lowest BCUT2D eigenvalue weighted by Crippen LogP contribution is -2.18. The molecule has 1 aliphatic rings. The van der Waals surface area contributed by atoms with Gasteiger partial charge < -0.3 is 5.11 Å². The average Bonchev–Trinajstić information content (AvgIpc) is 3.18. The maximum absolute atomic E-state index is 11.4. The number of hydrogen-bond acceptors (Lipinski definition) is 4. The van der Waals surface area contributed by atoms with E-state index in [1.807, 2.05) is 24.3 Å². The Morgan fingerprint density at radius 3 is 2.68 bits per heavy atom. The molecule has 1 aliphatic carbocycles. The number of aromatic nitrogens is 1. The molecule has 3 rings (SSSR count). The van der Waals surface area contributed by atoms with Crippen molar-refractivity contribution >= 4 is 58.0 Å². The summed E-state index contributed by atoms with van der Waals surface area (Å²) in [5.74, 6) is 0.301. The van der Waals surface area contributed by atoms with E-state index in [0.29, 0.717) is 16.7 Å². The van der Waals surface area contributed by atoms with Crippen LogP contribution in [0.1, 0.15) is 46.3 Å². The van der Waals surface area contributed by atoms with Gasteiger partial charge in [0.05, 0.1) is 11.0 Å². The van der Waals surface area contributed by atoms with Crippen LogP contribution in [0.4, 0.5) is 0 Å². The Balaban J connectivity index is 1.62. The maximum Gasteiger partial charge on any atom is 0.169 e. The number of aliphatic hydroxyl groups is 1. The number of ketones is 1. The molecule has 0 aromatic carbocycles. The number of hydrogen-bond donors (Lipinski definition) is 1. The Hall–Kier alpha value is -0.910. The molecule has 0 saturated heterocycles. The standard InChI is InChI=1S/C21H22Cl3NO2S/c1-12(26)19-8-6-14(28-19)3-2-4-15-16(18(27)11-17(15)22)7-5-13-9-20(23)25-21(24)10-13/h5-10,15-18,27H,2-4,11H2,1H3/b7-5+/t15-,16-,17-,18-/m1/s1. The Bertz CT molecular complexity index is 847. The minimum absolute atomic E-state index is 0.00988. The molecule has 2 heterocycles. The third kappa shape index (κ3) is 5.58. The summed E-state index contributed by atoms with van der Waals surface area (Å²) in [6.45, 7) is 1.59. The predicted molar refractivity (Wildman–Crippen MR) is 118 cm³/mol. The fourth-order valence-corrected chi connectivity index (χ4v) is 5.65. The molecule has 2 aromatic heterocycles. The van der Waals surface area contributed by atoms with Gasteiger partial charge in [-0.2, -0.15) is 0 Å². The monoisotopic (exact) mass is 457 g/mol. The van der Waals surface area contributed by atoms with E-state index in [1.54, 1.807) is 30.4 Å². The summed E-state index contributed by atoms with van der Waals surface area (Å²) in [6.07, 6.45) is 6.88. The average molecular weight is 459 g/mol. The molecule has 150 valence electrons. The highest BCUT2D eigenvalue weighted by Crippen LogP contribution is 2.40. The zero-order chi connectivity index (χ0) is 20.3. The van der Waals surface area contributed by atoms with Gasteiger partial charge in [0, 0.05) is 16.2 Å². The lowest BCUT2D eigenvalue weighted by molar-refractivity contribution is 0.102. The van der Waals surface area contributed by atoms with Gasteiger partial charge in [-0.25, -0.2) is 4.98 Å². The van der Waals surface area contributed by atoms with E-state index in [-0.39, 0.29) is 23.0 Å². The molecule has 4 atom stereocenters. The van der Waals surface area contributed by atoms with Crippen LogP contribution in [-0.4, -0.2) is 27.4 Å². The molecule has 2 aromatic rings. The number of alkyl halides is 1. The number of carbonyl (C=O) groups is 1. The molecule has 0 bridgehead atoms. The van der Waals surface area contributed by atoms with Gasteiger partial charge in [-0.3, -0.25) is 4.79 Å². The van der Waals surface area contributed by atoms with Gasteiger partial charge in [0.2, 0.25) is 0 Å². The van der Waals surface area contributed by atoms with Crippen LogP contribution >= 0.6 is 46.1 Å². The van der Waals surface area contributed by atoms with E-state index < -0.39 is 6.10 Å². The van der Waals surface area contributed by atoms with E-state index in [9.17, 15) is 9.90 Å². The van der Waals surface area contributed by atoms with Crippen molar-refractivity contribution in [1.29, 1.82) is 0 Å². The fraction of sp³-hybridized carbons (Fsp3) is 0.429. The van der Waals surface area contributed by atoms with Crippen molar-refractivity contribution < 1.29 is 9.90 Å². The Morgan fingerprint density at radius 1 is 1.32 bits per heavy atom. The van der Waals surface area contributed by atoms with E-state index in [0.717, 1.165) is 29.7 Å². The van der Waals surface area contributed by atoms with Gasteiger partial charge in [-0.05, 0) is 68.4 Å². The number of carbonyl (C=O) groups excluding carboxylic acids is 1. The van der Waals surface area contributed by atoms with Gasteiger partial charge in [0.25, 0.3) is 0 Å². The van der Waals surface area contributed by atoms with Gasteiger partial charge >= 0.3 is 0 Å². The van der Waals surface area contributed by atoms with E-state index in [4.69, 9.17) is 34.8 Å². The van der Waals surface area contributed by atoms with E-state index >= 15 is 0 Å². The second kappa shape index (κ2) is 9.73. The van der Waals surface area contributed by atoms with Crippen molar-refractivity contribution in [3.8, 4) is 0 Å². The van der Waals surface area contributed by atoms with Crippen LogP contribution in [0.5, 0.6) is 0 Å². The summed E-state index contributed by atoms with van der Waals surface area (Å²) in [4.78, 5) is 17.4. The first-order valence-corrected chi connectivity index (χ1v) is 11.3. The summed E-state index contributed by atoms with van der Waals surface area (Å²) in [7, 11) is 0. The topological polar surface area (TPSA) is 50.2 Å². The number of aliphatic hydroxyl groups excluding tert-OH is 1. The summed E-state index contributed by atoms with van der Waals surface area (Å²) in [5, 5.41) is 11.1. The first kappa shape index (κ1) is 21.8. The second-order valence-corrected chi connectivity index (χ2v) is 9.68. The SMILES string of the molecule is CC(=O)c1ccc(CCC[C@@H]2[C@@H](/C=C/c3cc(Cl)nc(Cl)c3)[C@H](O)C[C@H]2Cl)s1. The van der Waals surface area contributed by atoms with Crippen molar-refractivity contribution in [2.24, 2.45) is 11.8 Å². The van der Waals surface area contributed by atoms with Crippen LogP contribution in [0.25, 0.3) is 6.08 Å². The molecule has 28 heavy (non-hydrogen) atoms. The summed E-state index contributed by atoms with van der Waals surface area (Å²) < 4.78 is 0. The minimum Gasteiger partial charge on any atom is -0.392 e. The van der Waals surface area contributed by atoms with Crippen LogP contribution in [0.2, 0.25) is 10.3 Å². The predicted octanol–water partition coefficient (Wildman–Crippen LogP) is 6.29. The highest BCUT2D eigenvalue weighted by atomic mass is 35.5. The molecule has 1 N–H and O–H groups in total. The summed E-state index contributed by atoms with van der Waals surface area (Å²) in [6, 6.07) is 7.39. The lowest BCUT2D eigenvalue weighted by Gasteiger charge is -2.20. The molecule has 1 fully saturated rings. The molecule has 3 nitrogen and oxygen atoms in total. The number of pyridine rings is 1. The van der Waals surface area contributed by atoms with Crippen LogP contribution in [-0.2, 0) is 6.42 Å². The number of rotatable bonds is 7. The Morgan fingerprint density at radius 2 is 2.04 bits per heavy atom. The second-order valence-electron chi connectivity index (χ2n) is 7.18. The molecule has 0 spiro atoms. The van der Waals surface area contributed by atoms with Crippen LogP contribution < -0.4 is 0 Å². The van der Waals surface area contributed by atoms with E-state index in [2.05, 4.69) is 4.98 Å². The minimum atomic E-state index is -0.456. The molecule has 1 saturated carbocycles. The number of aryl methyl sites for hydroxylation is 1. The number of halogens is 3. The lowest BCUT2D eigenvalue weighted by atomic mass is 9.89. The van der Waals surface area contributed by atoms with Crippen LogP contribution in [0.15, 0.2) is 30.3 Å². The van der Waals surface area contributed by atoms with Crippen molar-refractivity contribution in [2.75, 3.05) is 0 Å². The quantitative estimate of drug-likeness (QED) is 0.301. The highest BCUT2D eigenvalue weighted by Gasteiger charge is 2.39. The maximum atomic E-state index is 11.4. The number of thiophene rings is 1. The normalized spacial score (nSPS) is 24.9. The molecular formula is C21H22Cl3NO2S. The molecule has 0 radical (unpaired) electrons. The first-order chi connectivity index (χ1) is 13.3. The van der Waals surface area contributed by atoms with Gasteiger partial charge in [0.1, 0.15) is 10.3 Å². The third-order valence-electron chi connectivity index (χ3n) is 5.14. The molecular weight excluding hydrogens is 437 g/mol. The first-order valence-electron chi connectivity index (χ1n) is 9.26. The van der Waals surface area contributed by atoms with Gasteiger partial charge in [0.15, 0.2) is 5.78 Å². The third-order valence-corrected chi connectivity index (χ3v) is 7.27. The van der Waals surface area contributed by atoms with Crippen molar-refractivity contribution in [3.05, 3.63) is 56.0 Å². The summed E-state index contributed by atoms with van der Waals surface area (Å²) in [5.41, 5.74) is 0.851. The van der Waals surface area contributed by atoms with Crippen molar-refractivity contribution in [2.45, 2.75) is 44.1 Å². The highest BCUT2D eigenvalue weighted by molar-refractivity contribution is 7.14. The smallest absolute Gasteiger partial charge is 0.169 e. The van der Waals surface area contributed by atoms with E-state index in [1.165, 1.54) is 4.88 Å². The number of nitrogens with zero attached hydrogens (tertiary/aromatic N) is 1. The molecule has 0 aliphatic heterocycles. The van der Waals surface area contributed by atoms with Gasteiger partial charge in [-0.1, -0.05) is 35.4 Å². The number of Topliss-reactive ketones (excluding diaryl/α,β-unsaturated/α-hetero) is 1. The zero-order valence-electron chi connectivity index (χ0n) is 15.4. The van der Waals surface area contributed by atoms with Crippen molar-refractivity contribution in [3.63, 3.8) is 0 Å². The fourth-order valence-electron chi connectivity index (χ4n) is 3.75. The Labute approximate surface area is 184 Å². The summed E-state index contributed by atoms with van der Waals surface area (Å²) >= 11 is 20.0. The molecule has 0 amide bonds. The molecule has 0 unspecified atom stereocenters. The van der Waals surface area contributed by atoms with Gasteiger partial charge in [-0.15, -0.1) is 22.9 Å². The Kier molecular flexibility index (Phi) is 7.57. The van der Waals surface area contributed by atoms with Crippen molar-refractivity contribution in [1.82, 2.24) is 4.98 Å². The largest absolute Gasteiger partial charge is 0.392 e. The zero-order valence-corrected chi connectivity index (χ0v) is 18.5. The van der Waals surface area contributed by atoms with Crippen LogP contribution in [0, 0.1) is 11.8 Å².